The Morgan fingerprint density at radius 1 is 1.00 bits per heavy atom. The Bertz CT molecular complexity index is 1340. The Balaban J connectivity index is 1.69. The molecular weight excluding hydrogens is 448 g/mol. The van der Waals surface area contributed by atoms with E-state index in [0.29, 0.717) is 33.7 Å². The standard InChI is InChI=1S/C22H15BrN4O3/c1-12-18-19-17(11-24-20(18)27(25-12)14-8-6-13(23)7-9-14)21(28)26(22(19)29)15-4-3-5-16(10-15)30-2/h3-11H,1-2H3. The number of ether oxygens (including phenoxy) is 1. The first-order valence-electron chi connectivity index (χ1n) is 9.16. The number of hydrogen-bond acceptors (Lipinski definition) is 5. The molecule has 0 saturated carbocycles. The fourth-order valence-electron chi connectivity index (χ4n) is 3.71. The first-order valence-corrected chi connectivity index (χ1v) is 9.96. The Hall–Kier alpha value is -3.52. The predicted molar refractivity (Wildman–Crippen MR) is 115 cm³/mol. The number of rotatable bonds is 3. The van der Waals surface area contributed by atoms with E-state index in [0.717, 1.165) is 15.1 Å². The van der Waals surface area contributed by atoms with Crippen LogP contribution in [-0.2, 0) is 0 Å². The third-order valence-electron chi connectivity index (χ3n) is 5.10. The van der Waals surface area contributed by atoms with Crippen LogP contribution in [0, 0.1) is 6.92 Å². The molecule has 0 fully saturated rings. The monoisotopic (exact) mass is 462 g/mol. The van der Waals surface area contributed by atoms with E-state index >= 15 is 0 Å². The summed E-state index contributed by atoms with van der Waals surface area (Å²) in [7, 11) is 1.54. The normalized spacial score (nSPS) is 13.2. The topological polar surface area (TPSA) is 77.3 Å². The van der Waals surface area contributed by atoms with E-state index in [9.17, 15) is 9.59 Å². The lowest BCUT2D eigenvalue weighted by atomic mass is 10.1. The molecule has 0 unspecified atom stereocenters. The number of imide groups is 1. The lowest BCUT2D eigenvalue weighted by molar-refractivity contribution is 0.0926. The van der Waals surface area contributed by atoms with Crippen LogP contribution in [0.4, 0.5) is 5.69 Å². The number of pyridine rings is 1. The van der Waals surface area contributed by atoms with Crippen LogP contribution in [0.3, 0.4) is 0 Å². The molecule has 5 rings (SSSR count). The Morgan fingerprint density at radius 3 is 2.50 bits per heavy atom. The van der Waals surface area contributed by atoms with Crippen molar-refractivity contribution in [2.45, 2.75) is 6.92 Å². The van der Waals surface area contributed by atoms with Crippen LogP contribution in [0.15, 0.2) is 59.2 Å². The summed E-state index contributed by atoms with van der Waals surface area (Å²) in [4.78, 5) is 32.1. The number of amides is 2. The van der Waals surface area contributed by atoms with Gasteiger partial charge in [-0.05, 0) is 43.3 Å². The van der Waals surface area contributed by atoms with Crippen molar-refractivity contribution in [2.24, 2.45) is 0 Å². The predicted octanol–water partition coefficient (Wildman–Crippen LogP) is 4.30. The SMILES string of the molecule is COc1cccc(N2C(=O)c3cnc4c(c(C)nn4-c4ccc(Br)cc4)c3C2=O)c1. The number of nitrogens with zero attached hydrogens (tertiary/aromatic N) is 4. The highest BCUT2D eigenvalue weighted by Gasteiger charge is 2.40. The van der Waals surface area contributed by atoms with Gasteiger partial charge in [-0.1, -0.05) is 22.0 Å². The summed E-state index contributed by atoms with van der Waals surface area (Å²) in [5.74, 6) is -0.242. The first kappa shape index (κ1) is 18.5. The summed E-state index contributed by atoms with van der Waals surface area (Å²) in [6.07, 6.45) is 1.45. The average molecular weight is 463 g/mol. The minimum atomic E-state index is -0.409. The molecule has 7 nitrogen and oxygen atoms in total. The minimum absolute atomic E-state index is 0.272. The number of hydrogen-bond donors (Lipinski definition) is 0. The summed E-state index contributed by atoms with van der Waals surface area (Å²) < 4.78 is 7.86. The molecule has 1 aliphatic heterocycles. The highest BCUT2D eigenvalue weighted by Crippen LogP contribution is 2.35. The van der Waals surface area contributed by atoms with Crippen LogP contribution in [0.5, 0.6) is 5.75 Å². The molecule has 2 amide bonds. The third kappa shape index (κ3) is 2.64. The van der Waals surface area contributed by atoms with Gasteiger partial charge in [0.25, 0.3) is 11.8 Å². The van der Waals surface area contributed by atoms with Crippen molar-refractivity contribution in [2.75, 3.05) is 12.0 Å². The molecule has 2 aromatic carbocycles. The maximum atomic E-state index is 13.4. The van der Waals surface area contributed by atoms with Gasteiger partial charge < -0.3 is 4.74 Å². The highest BCUT2D eigenvalue weighted by molar-refractivity contribution is 9.10. The van der Waals surface area contributed by atoms with Gasteiger partial charge in [0.05, 0.1) is 40.7 Å². The maximum Gasteiger partial charge on any atom is 0.267 e. The van der Waals surface area contributed by atoms with E-state index in [2.05, 4.69) is 26.0 Å². The summed E-state index contributed by atoms with van der Waals surface area (Å²) in [6, 6.07) is 14.5. The average Bonchev–Trinajstić information content (AvgIpc) is 3.22. The molecule has 1 aliphatic rings. The second kappa shape index (κ2) is 6.77. The summed E-state index contributed by atoms with van der Waals surface area (Å²) in [5, 5.41) is 5.17. The number of anilines is 1. The van der Waals surface area contributed by atoms with Crippen LogP contribution in [-0.4, -0.2) is 33.7 Å². The van der Waals surface area contributed by atoms with Crippen molar-refractivity contribution in [3.05, 3.63) is 76.0 Å². The molecule has 0 radical (unpaired) electrons. The Morgan fingerprint density at radius 2 is 1.77 bits per heavy atom. The molecular formula is C22H15BrN4O3. The van der Waals surface area contributed by atoms with Crippen LogP contribution < -0.4 is 9.64 Å². The second-order valence-corrected chi connectivity index (χ2v) is 7.78. The third-order valence-corrected chi connectivity index (χ3v) is 5.63. The largest absolute Gasteiger partial charge is 0.497 e. The van der Waals surface area contributed by atoms with Gasteiger partial charge in [0.2, 0.25) is 0 Å². The number of carbonyl (C=O) groups is 2. The van der Waals surface area contributed by atoms with Crippen LogP contribution in [0.2, 0.25) is 0 Å². The Kier molecular flexibility index (Phi) is 4.18. The van der Waals surface area contributed by atoms with Crippen LogP contribution >= 0.6 is 15.9 Å². The van der Waals surface area contributed by atoms with Gasteiger partial charge >= 0.3 is 0 Å². The zero-order valence-electron chi connectivity index (χ0n) is 16.1. The summed E-state index contributed by atoms with van der Waals surface area (Å²) in [5.41, 5.74) is 3.02. The van der Waals surface area contributed by atoms with E-state index in [1.807, 2.05) is 31.2 Å². The van der Waals surface area contributed by atoms with Crippen molar-refractivity contribution >= 4 is 44.5 Å². The lowest BCUT2D eigenvalue weighted by Crippen LogP contribution is -2.29. The first-order chi connectivity index (χ1) is 14.5. The second-order valence-electron chi connectivity index (χ2n) is 6.87. The number of fused-ring (bicyclic) bond motifs is 3. The van der Waals surface area contributed by atoms with E-state index in [-0.39, 0.29) is 5.56 Å². The van der Waals surface area contributed by atoms with Gasteiger partial charge in [0.1, 0.15) is 5.75 Å². The zero-order chi connectivity index (χ0) is 21.0. The molecule has 30 heavy (non-hydrogen) atoms. The van der Waals surface area contributed by atoms with Crippen molar-refractivity contribution in [3.63, 3.8) is 0 Å². The van der Waals surface area contributed by atoms with Gasteiger partial charge in [0.15, 0.2) is 5.65 Å². The van der Waals surface area contributed by atoms with Gasteiger partial charge in [0, 0.05) is 16.7 Å². The van der Waals surface area contributed by atoms with Crippen molar-refractivity contribution in [1.29, 1.82) is 0 Å². The highest BCUT2D eigenvalue weighted by atomic mass is 79.9. The number of halogens is 1. The van der Waals surface area contributed by atoms with Crippen molar-refractivity contribution < 1.29 is 14.3 Å². The van der Waals surface area contributed by atoms with E-state index < -0.39 is 11.8 Å². The quantitative estimate of drug-likeness (QED) is 0.424. The van der Waals surface area contributed by atoms with Crippen molar-refractivity contribution in [1.82, 2.24) is 14.8 Å². The van der Waals surface area contributed by atoms with Crippen LogP contribution in [0.1, 0.15) is 26.4 Å². The molecule has 3 heterocycles. The molecule has 0 aliphatic carbocycles. The van der Waals surface area contributed by atoms with E-state index in [1.54, 1.807) is 28.9 Å². The maximum absolute atomic E-state index is 13.4. The fraction of sp³-hybridized carbons (Fsp3) is 0.0909. The molecule has 0 atom stereocenters. The number of aryl methyl sites for hydroxylation is 1. The molecule has 0 bridgehead atoms. The molecule has 4 aromatic rings. The number of methoxy groups -OCH3 is 1. The molecule has 0 spiro atoms. The lowest BCUT2D eigenvalue weighted by Gasteiger charge is -2.14. The van der Waals surface area contributed by atoms with Gasteiger partial charge in [-0.2, -0.15) is 5.10 Å². The molecule has 148 valence electrons. The van der Waals surface area contributed by atoms with Gasteiger partial charge in [-0.15, -0.1) is 0 Å². The minimum Gasteiger partial charge on any atom is -0.497 e. The number of aromatic nitrogens is 3. The summed E-state index contributed by atoms with van der Waals surface area (Å²) in [6.45, 7) is 1.81. The van der Waals surface area contributed by atoms with E-state index in [4.69, 9.17) is 4.74 Å². The smallest absolute Gasteiger partial charge is 0.267 e. The van der Waals surface area contributed by atoms with Crippen molar-refractivity contribution in [3.8, 4) is 11.4 Å². The molecule has 2 aromatic heterocycles. The van der Waals surface area contributed by atoms with Gasteiger partial charge in [-0.25, -0.2) is 14.6 Å². The molecule has 8 heteroatoms. The molecule has 0 saturated heterocycles. The zero-order valence-corrected chi connectivity index (χ0v) is 17.7. The van der Waals surface area contributed by atoms with Gasteiger partial charge in [-0.3, -0.25) is 9.59 Å². The molecule has 0 N–H and O–H groups in total. The van der Waals surface area contributed by atoms with Crippen LogP contribution in [0.25, 0.3) is 16.7 Å². The number of carbonyl (C=O) groups excluding carboxylic acids is 2. The Labute approximate surface area is 180 Å². The van der Waals surface area contributed by atoms with E-state index in [1.165, 1.54) is 13.3 Å². The summed E-state index contributed by atoms with van der Waals surface area (Å²) >= 11 is 3.43. The number of benzene rings is 2. The fourth-order valence-corrected chi connectivity index (χ4v) is 3.97.